The van der Waals surface area contributed by atoms with Gasteiger partial charge in [0.2, 0.25) is 0 Å². The van der Waals surface area contributed by atoms with E-state index < -0.39 is 24.4 Å². The number of phenolic OH excluding ortho intramolecular Hbond substituents is 1. The number of carbonyl (C=O) groups excluding carboxylic acids is 3. The zero-order valence-corrected chi connectivity index (χ0v) is 15.2. The predicted molar refractivity (Wildman–Crippen MR) is 94.7 cm³/mol. The highest BCUT2D eigenvalue weighted by atomic mass is 79.9. The summed E-state index contributed by atoms with van der Waals surface area (Å²) >= 11 is 3.25. The fraction of sp³-hybridized carbons (Fsp3) is 0.118. The normalized spacial score (nSPS) is 9.92. The van der Waals surface area contributed by atoms with Gasteiger partial charge in [0, 0.05) is 16.1 Å². The van der Waals surface area contributed by atoms with Crippen LogP contribution in [0.15, 0.2) is 46.9 Å². The Balaban J connectivity index is 1.82. The van der Waals surface area contributed by atoms with Crippen molar-refractivity contribution in [3.8, 4) is 11.5 Å². The van der Waals surface area contributed by atoms with Crippen LogP contribution in [0, 0.1) is 0 Å². The Hall–Kier alpha value is -3.07. The minimum Gasteiger partial charge on any atom is -0.507 e. The van der Waals surface area contributed by atoms with Crippen molar-refractivity contribution in [3.63, 3.8) is 0 Å². The van der Waals surface area contributed by atoms with Crippen LogP contribution in [0.1, 0.15) is 20.7 Å². The van der Waals surface area contributed by atoms with Gasteiger partial charge in [0.15, 0.2) is 6.61 Å². The molecule has 2 aromatic carbocycles. The van der Waals surface area contributed by atoms with Crippen LogP contribution in [0.5, 0.6) is 11.5 Å². The van der Waals surface area contributed by atoms with Crippen molar-refractivity contribution >= 4 is 33.7 Å². The average molecular weight is 423 g/mol. The molecule has 0 saturated heterocycles. The number of methoxy groups -OCH3 is 1. The number of hydrazine groups is 1. The Bertz CT molecular complexity index is 823. The van der Waals surface area contributed by atoms with Gasteiger partial charge < -0.3 is 14.6 Å². The number of benzene rings is 2. The van der Waals surface area contributed by atoms with Gasteiger partial charge in [-0.3, -0.25) is 20.4 Å². The lowest BCUT2D eigenvalue weighted by atomic mass is 10.2. The first-order chi connectivity index (χ1) is 12.4. The van der Waals surface area contributed by atoms with Crippen molar-refractivity contribution in [2.75, 3.05) is 13.7 Å². The lowest BCUT2D eigenvalue weighted by molar-refractivity contribution is -0.125. The number of aromatic hydroxyl groups is 1. The number of ether oxygens (including phenoxy) is 2. The van der Waals surface area contributed by atoms with Crippen LogP contribution >= 0.6 is 15.9 Å². The van der Waals surface area contributed by atoms with Gasteiger partial charge in [0.25, 0.3) is 11.8 Å². The fourth-order valence-electron chi connectivity index (χ4n) is 1.86. The lowest BCUT2D eigenvalue weighted by Gasteiger charge is -2.09. The topological polar surface area (TPSA) is 114 Å². The molecule has 136 valence electrons. The number of esters is 1. The van der Waals surface area contributed by atoms with Crippen molar-refractivity contribution in [1.29, 1.82) is 0 Å². The van der Waals surface area contributed by atoms with E-state index in [1.165, 1.54) is 25.3 Å². The Labute approximate surface area is 157 Å². The van der Waals surface area contributed by atoms with Crippen molar-refractivity contribution < 1.29 is 29.0 Å². The predicted octanol–water partition coefficient (Wildman–Crippen LogP) is 1.78. The van der Waals surface area contributed by atoms with Crippen LogP contribution in [-0.4, -0.2) is 36.6 Å². The maximum Gasteiger partial charge on any atom is 0.342 e. The third-order valence-corrected chi connectivity index (χ3v) is 3.71. The van der Waals surface area contributed by atoms with Gasteiger partial charge >= 0.3 is 5.97 Å². The van der Waals surface area contributed by atoms with Crippen LogP contribution in [0.3, 0.4) is 0 Å². The first-order valence-corrected chi connectivity index (χ1v) is 8.09. The van der Waals surface area contributed by atoms with E-state index >= 15 is 0 Å². The molecule has 26 heavy (non-hydrogen) atoms. The largest absolute Gasteiger partial charge is 0.507 e. The third kappa shape index (κ3) is 5.21. The van der Waals surface area contributed by atoms with Crippen molar-refractivity contribution in [2.45, 2.75) is 0 Å². The van der Waals surface area contributed by atoms with Gasteiger partial charge in [-0.2, -0.15) is 0 Å². The maximum atomic E-state index is 11.9. The van der Waals surface area contributed by atoms with E-state index in [1.807, 2.05) is 0 Å². The smallest absolute Gasteiger partial charge is 0.342 e. The van der Waals surface area contributed by atoms with E-state index in [0.717, 1.165) is 4.47 Å². The standard InChI is InChI=1S/C17H15BrN2O6/c1-25-12-6-7-13(14(21)8-12)17(24)26-9-15(22)19-20-16(23)10-2-4-11(18)5-3-10/h2-8,21H,9H2,1H3,(H,19,22)(H,20,23). The number of hydrogen-bond acceptors (Lipinski definition) is 6. The summed E-state index contributed by atoms with van der Waals surface area (Å²) < 4.78 is 10.5. The fourth-order valence-corrected chi connectivity index (χ4v) is 2.12. The Morgan fingerprint density at radius 3 is 2.38 bits per heavy atom. The number of carbonyl (C=O) groups is 3. The molecular weight excluding hydrogens is 408 g/mol. The summed E-state index contributed by atoms with van der Waals surface area (Å²) in [5, 5.41) is 9.74. The molecule has 9 heteroatoms. The molecule has 2 amide bonds. The van der Waals surface area contributed by atoms with Crippen LogP contribution in [-0.2, 0) is 9.53 Å². The Kier molecular flexibility index (Phi) is 6.56. The van der Waals surface area contributed by atoms with E-state index in [-0.39, 0.29) is 11.3 Å². The Morgan fingerprint density at radius 1 is 1.08 bits per heavy atom. The average Bonchev–Trinajstić information content (AvgIpc) is 2.64. The van der Waals surface area contributed by atoms with Crippen LogP contribution < -0.4 is 15.6 Å². The van der Waals surface area contributed by atoms with E-state index in [9.17, 15) is 19.5 Å². The molecule has 0 heterocycles. The maximum absolute atomic E-state index is 11.9. The molecule has 0 atom stereocenters. The van der Waals surface area contributed by atoms with Crippen LogP contribution in [0.25, 0.3) is 0 Å². The van der Waals surface area contributed by atoms with E-state index in [2.05, 4.69) is 26.8 Å². The van der Waals surface area contributed by atoms with Crippen LogP contribution in [0.2, 0.25) is 0 Å². The second kappa shape index (κ2) is 8.86. The number of rotatable bonds is 5. The molecule has 0 unspecified atom stereocenters. The quantitative estimate of drug-likeness (QED) is 0.499. The van der Waals surface area contributed by atoms with E-state index in [0.29, 0.717) is 11.3 Å². The zero-order chi connectivity index (χ0) is 19.1. The summed E-state index contributed by atoms with van der Waals surface area (Å²) in [6, 6.07) is 10.5. The number of nitrogens with one attached hydrogen (secondary N) is 2. The molecule has 0 radical (unpaired) electrons. The summed E-state index contributed by atoms with van der Waals surface area (Å²) in [5.74, 6) is -2.12. The van der Waals surface area contributed by atoms with Gasteiger partial charge in [-0.1, -0.05) is 15.9 Å². The molecule has 0 aromatic heterocycles. The molecule has 0 aliphatic rings. The first-order valence-electron chi connectivity index (χ1n) is 7.29. The SMILES string of the molecule is COc1ccc(C(=O)OCC(=O)NNC(=O)c2ccc(Br)cc2)c(O)c1. The van der Waals surface area contributed by atoms with Gasteiger partial charge in [-0.15, -0.1) is 0 Å². The highest BCUT2D eigenvalue weighted by Crippen LogP contribution is 2.23. The summed E-state index contributed by atoms with van der Waals surface area (Å²) in [7, 11) is 1.42. The molecule has 8 nitrogen and oxygen atoms in total. The third-order valence-electron chi connectivity index (χ3n) is 3.18. The molecule has 0 aliphatic heterocycles. The number of amides is 2. The summed E-state index contributed by atoms with van der Waals surface area (Å²) in [6.45, 7) is -0.634. The van der Waals surface area contributed by atoms with Gasteiger partial charge in [-0.25, -0.2) is 4.79 Å². The summed E-state index contributed by atoms with van der Waals surface area (Å²) in [4.78, 5) is 35.4. The second-order valence-corrected chi connectivity index (χ2v) is 5.88. The number of phenols is 1. The molecule has 2 rings (SSSR count). The number of hydrogen-bond donors (Lipinski definition) is 3. The highest BCUT2D eigenvalue weighted by Gasteiger charge is 2.15. The first kappa shape index (κ1) is 19.3. The monoisotopic (exact) mass is 422 g/mol. The van der Waals surface area contributed by atoms with Gasteiger partial charge in [0.1, 0.15) is 17.1 Å². The van der Waals surface area contributed by atoms with Crippen molar-refractivity contribution in [2.24, 2.45) is 0 Å². The molecule has 2 aromatic rings. The zero-order valence-electron chi connectivity index (χ0n) is 13.6. The molecule has 3 N–H and O–H groups in total. The molecular formula is C17H15BrN2O6. The van der Waals surface area contributed by atoms with E-state index in [4.69, 9.17) is 9.47 Å². The second-order valence-electron chi connectivity index (χ2n) is 4.97. The summed E-state index contributed by atoms with van der Waals surface area (Å²) in [6.07, 6.45) is 0. The van der Waals surface area contributed by atoms with Crippen molar-refractivity contribution in [1.82, 2.24) is 10.9 Å². The molecule has 0 bridgehead atoms. The van der Waals surface area contributed by atoms with E-state index in [1.54, 1.807) is 24.3 Å². The Morgan fingerprint density at radius 2 is 1.77 bits per heavy atom. The molecule has 0 fully saturated rings. The molecule has 0 saturated carbocycles. The molecule has 0 spiro atoms. The highest BCUT2D eigenvalue weighted by molar-refractivity contribution is 9.10. The van der Waals surface area contributed by atoms with Crippen molar-refractivity contribution in [3.05, 3.63) is 58.1 Å². The minimum atomic E-state index is -0.889. The van der Waals surface area contributed by atoms with Gasteiger partial charge in [0.05, 0.1) is 7.11 Å². The molecule has 0 aliphatic carbocycles. The van der Waals surface area contributed by atoms with Crippen LogP contribution in [0.4, 0.5) is 0 Å². The lowest BCUT2D eigenvalue weighted by Crippen LogP contribution is -2.43. The minimum absolute atomic E-state index is 0.113. The number of halogens is 1. The summed E-state index contributed by atoms with van der Waals surface area (Å²) in [5.41, 5.74) is 4.55. The van der Waals surface area contributed by atoms with Gasteiger partial charge in [-0.05, 0) is 36.4 Å².